The molecule has 6 rings (SSSR count). The highest BCUT2D eigenvalue weighted by atomic mass is 32.1. The van der Waals surface area contributed by atoms with Crippen LogP contribution in [0.4, 0.5) is 0 Å². The van der Waals surface area contributed by atoms with Crippen molar-refractivity contribution in [2.75, 3.05) is 13.6 Å². The van der Waals surface area contributed by atoms with E-state index in [1.807, 2.05) is 53.4 Å². The van der Waals surface area contributed by atoms with Crippen LogP contribution in [-0.4, -0.2) is 40.2 Å². The highest BCUT2D eigenvalue weighted by Gasteiger charge is 2.34. The van der Waals surface area contributed by atoms with Crippen molar-refractivity contribution in [3.8, 4) is 5.75 Å². The lowest BCUT2D eigenvalue weighted by atomic mass is 9.87. The molecule has 5 aromatic rings. The third kappa shape index (κ3) is 5.28. The molecular formula is C31H27N3O5S. The van der Waals surface area contributed by atoms with Gasteiger partial charge in [-0.2, -0.15) is 0 Å². The summed E-state index contributed by atoms with van der Waals surface area (Å²) in [6.07, 6.45) is 3.83. The summed E-state index contributed by atoms with van der Waals surface area (Å²) in [4.78, 5) is 34.1. The number of aromatic nitrogens is 1. The van der Waals surface area contributed by atoms with E-state index < -0.39 is 0 Å². The summed E-state index contributed by atoms with van der Waals surface area (Å²) in [5.41, 5.74) is 3.58. The topological polar surface area (TPSA) is 89.0 Å². The van der Waals surface area contributed by atoms with Crippen LogP contribution in [0.25, 0.3) is 0 Å². The van der Waals surface area contributed by atoms with Gasteiger partial charge >= 0.3 is 0 Å². The van der Waals surface area contributed by atoms with Gasteiger partial charge in [-0.05, 0) is 59.5 Å². The van der Waals surface area contributed by atoms with E-state index >= 15 is 0 Å². The van der Waals surface area contributed by atoms with Gasteiger partial charge in [-0.25, -0.2) is 4.98 Å². The number of hydrogen-bond donors (Lipinski definition) is 0. The quantitative estimate of drug-likeness (QED) is 0.235. The van der Waals surface area contributed by atoms with Crippen molar-refractivity contribution in [2.45, 2.75) is 25.6 Å². The van der Waals surface area contributed by atoms with Crippen molar-refractivity contribution in [1.29, 1.82) is 0 Å². The zero-order chi connectivity index (χ0) is 27.5. The number of carbonyl (C=O) groups is 2. The molecule has 1 aliphatic rings. The summed E-state index contributed by atoms with van der Waals surface area (Å²) in [6.45, 7) is 1.17. The lowest BCUT2D eigenvalue weighted by molar-refractivity contribution is 0.0661. The molecule has 0 aliphatic carbocycles. The molecule has 1 unspecified atom stereocenters. The van der Waals surface area contributed by atoms with Crippen molar-refractivity contribution in [1.82, 2.24) is 14.8 Å². The zero-order valence-corrected chi connectivity index (χ0v) is 22.7. The lowest BCUT2D eigenvalue weighted by Crippen LogP contribution is -2.40. The fraction of sp³-hybridized carbons (Fsp3) is 0.194. The monoisotopic (exact) mass is 553 g/mol. The molecule has 0 saturated carbocycles. The molecule has 3 aromatic heterocycles. The Labute approximate surface area is 235 Å². The number of amides is 2. The Kier molecular flexibility index (Phi) is 7.20. The van der Waals surface area contributed by atoms with Crippen molar-refractivity contribution in [2.24, 2.45) is 0 Å². The molecule has 1 aliphatic heterocycles. The molecule has 0 fully saturated rings. The number of carbonyl (C=O) groups excluding carboxylic acids is 2. The average Bonchev–Trinajstić information content (AvgIpc) is 3.79. The summed E-state index contributed by atoms with van der Waals surface area (Å²) in [7, 11) is 1.72. The van der Waals surface area contributed by atoms with Crippen LogP contribution < -0.4 is 4.74 Å². The first kappa shape index (κ1) is 25.6. The number of rotatable bonds is 8. The highest BCUT2D eigenvalue weighted by molar-refractivity contribution is 7.09. The minimum atomic E-state index is -0.278. The van der Waals surface area contributed by atoms with E-state index in [0.29, 0.717) is 41.1 Å². The van der Waals surface area contributed by atoms with Crippen molar-refractivity contribution in [3.05, 3.63) is 130 Å². The minimum Gasteiger partial charge on any atom is -0.486 e. The number of fused-ring (bicyclic) bond motifs is 1. The zero-order valence-electron chi connectivity index (χ0n) is 21.9. The summed E-state index contributed by atoms with van der Waals surface area (Å²) in [5.74, 6) is 1.37. The lowest BCUT2D eigenvalue weighted by Gasteiger charge is -2.37. The van der Waals surface area contributed by atoms with E-state index in [4.69, 9.17) is 13.6 Å². The second kappa shape index (κ2) is 11.2. The standard InChI is InChI=1S/C31H27N3O5S/c1-33(18-24-9-5-15-37-24)30(35)26-20-40-28(32-26)19-39-23-12-11-21-13-14-34(31(36)27-10-6-16-38-27)29(25(21)17-23)22-7-3-2-4-8-22/h2-12,15-17,20,29H,13-14,18-19H2,1H3. The van der Waals surface area contributed by atoms with Gasteiger partial charge in [0.2, 0.25) is 0 Å². The summed E-state index contributed by atoms with van der Waals surface area (Å²) in [5, 5.41) is 2.44. The van der Waals surface area contributed by atoms with Gasteiger partial charge < -0.3 is 23.4 Å². The van der Waals surface area contributed by atoms with Gasteiger partial charge in [0.05, 0.1) is 25.1 Å². The minimum absolute atomic E-state index is 0.146. The SMILES string of the molecule is CN(Cc1ccco1)C(=O)c1csc(COc2ccc3c(c2)C(c2ccccc2)N(C(=O)c2ccco2)CC3)n1. The number of nitrogens with zero attached hydrogens (tertiary/aromatic N) is 3. The Morgan fingerprint density at radius 3 is 2.65 bits per heavy atom. The molecule has 4 heterocycles. The molecule has 2 amide bonds. The number of benzene rings is 2. The summed E-state index contributed by atoms with van der Waals surface area (Å²) in [6, 6.07) is 22.8. The normalized spacial score (nSPS) is 14.5. The first-order valence-electron chi connectivity index (χ1n) is 12.9. The number of thiazole rings is 1. The Morgan fingerprint density at radius 2 is 1.88 bits per heavy atom. The van der Waals surface area contributed by atoms with Gasteiger partial charge in [0.1, 0.15) is 28.8 Å². The van der Waals surface area contributed by atoms with E-state index in [1.165, 1.54) is 23.2 Å². The molecule has 8 nitrogen and oxygen atoms in total. The van der Waals surface area contributed by atoms with Crippen LogP contribution in [0.1, 0.15) is 54.5 Å². The van der Waals surface area contributed by atoms with Gasteiger partial charge in [-0.1, -0.05) is 36.4 Å². The molecule has 1 atom stereocenters. The Morgan fingerprint density at radius 1 is 1.05 bits per heavy atom. The van der Waals surface area contributed by atoms with Crippen molar-refractivity contribution >= 4 is 23.2 Å². The maximum absolute atomic E-state index is 13.4. The molecule has 40 heavy (non-hydrogen) atoms. The van der Waals surface area contributed by atoms with Crippen LogP contribution in [0, 0.1) is 0 Å². The third-order valence-electron chi connectivity index (χ3n) is 6.91. The molecule has 0 bridgehead atoms. The Hall–Kier alpha value is -4.63. The second-order valence-corrected chi connectivity index (χ2v) is 10.5. The Balaban J connectivity index is 1.20. The van der Waals surface area contributed by atoms with Crippen LogP contribution >= 0.6 is 11.3 Å². The van der Waals surface area contributed by atoms with Gasteiger partial charge in [-0.15, -0.1) is 11.3 Å². The molecule has 0 spiro atoms. The van der Waals surface area contributed by atoms with Gasteiger partial charge in [-0.3, -0.25) is 9.59 Å². The summed E-state index contributed by atoms with van der Waals surface area (Å²) >= 11 is 1.38. The Bertz CT molecular complexity index is 1600. The molecule has 0 saturated heterocycles. The summed E-state index contributed by atoms with van der Waals surface area (Å²) < 4.78 is 16.9. The maximum atomic E-state index is 13.4. The van der Waals surface area contributed by atoms with Crippen LogP contribution in [0.2, 0.25) is 0 Å². The molecule has 0 N–H and O–H groups in total. The number of ether oxygens (including phenoxy) is 1. The van der Waals surface area contributed by atoms with E-state index in [1.54, 1.807) is 41.8 Å². The molecule has 0 radical (unpaired) electrons. The van der Waals surface area contributed by atoms with E-state index in [9.17, 15) is 9.59 Å². The predicted molar refractivity (Wildman–Crippen MR) is 149 cm³/mol. The fourth-order valence-electron chi connectivity index (χ4n) is 4.96. The van der Waals surface area contributed by atoms with Gasteiger partial charge in [0.25, 0.3) is 11.8 Å². The predicted octanol–water partition coefficient (Wildman–Crippen LogP) is 5.97. The molecular weight excluding hydrogens is 526 g/mol. The smallest absolute Gasteiger partial charge is 0.290 e. The first-order valence-corrected chi connectivity index (χ1v) is 13.8. The highest BCUT2D eigenvalue weighted by Crippen LogP contribution is 2.38. The van der Waals surface area contributed by atoms with Gasteiger partial charge in [0.15, 0.2) is 5.76 Å². The number of hydrogen-bond acceptors (Lipinski definition) is 7. The van der Waals surface area contributed by atoms with Crippen LogP contribution in [0.15, 0.2) is 99.5 Å². The second-order valence-electron chi connectivity index (χ2n) is 9.56. The van der Waals surface area contributed by atoms with Crippen molar-refractivity contribution < 1.29 is 23.2 Å². The fourth-order valence-corrected chi connectivity index (χ4v) is 5.64. The van der Waals surface area contributed by atoms with E-state index in [2.05, 4.69) is 11.1 Å². The maximum Gasteiger partial charge on any atom is 0.290 e. The molecule has 202 valence electrons. The largest absolute Gasteiger partial charge is 0.486 e. The molecule has 2 aromatic carbocycles. The molecule has 9 heteroatoms. The van der Waals surface area contributed by atoms with Crippen LogP contribution in [0.3, 0.4) is 0 Å². The van der Waals surface area contributed by atoms with Crippen LogP contribution in [0.5, 0.6) is 5.75 Å². The van der Waals surface area contributed by atoms with E-state index in [-0.39, 0.29) is 24.5 Å². The van der Waals surface area contributed by atoms with Crippen LogP contribution in [-0.2, 0) is 19.6 Å². The van der Waals surface area contributed by atoms with Gasteiger partial charge in [0, 0.05) is 19.0 Å². The van der Waals surface area contributed by atoms with E-state index in [0.717, 1.165) is 17.5 Å². The third-order valence-corrected chi connectivity index (χ3v) is 7.73. The first-order chi connectivity index (χ1) is 19.6. The average molecular weight is 554 g/mol. The number of furan rings is 2. The van der Waals surface area contributed by atoms with Crippen molar-refractivity contribution in [3.63, 3.8) is 0 Å².